The molecule has 3 fully saturated rings. The Kier molecular flexibility index (Phi) is 24.3. The van der Waals surface area contributed by atoms with Crippen LogP contribution in [-0.4, -0.2) is 121 Å². The molecule has 0 unspecified atom stereocenters. The summed E-state index contributed by atoms with van der Waals surface area (Å²) in [6.07, 6.45) is 7.68. The third-order valence-electron chi connectivity index (χ3n) is 20.8. The number of benzene rings is 6. The van der Waals surface area contributed by atoms with Crippen molar-refractivity contribution < 1.29 is 37.5 Å². The minimum Gasteiger partial charge on any atom is -0.469 e. The Bertz CT molecular complexity index is 4180. The van der Waals surface area contributed by atoms with Crippen LogP contribution in [0.15, 0.2) is 141 Å². The Morgan fingerprint density at radius 2 is 0.798 bits per heavy atom. The molecule has 6 heterocycles. The molecule has 3 amide bonds. The Morgan fingerprint density at radius 1 is 0.444 bits per heavy atom. The van der Waals surface area contributed by atoms with Crippen LogP contribution in [0.3, 0.4) is 0 Å². The molecule has 16 nitrogen and oxygen atoms in total. The first kappa shape index (κ1) is 72.6. The van der Waals surface area contributed by atoms with E-state index in [0.717, 1.165) is 191 Å². The van der Waals surface area contributed by atoms with E-state index in [4.69, 9.17) is 23.2 Å². The van der Waals surface area contributed by atoms with E-state index in [1.54, 1.807) is 6.26 Å². The van der Waals surface area contributed by atoms with Crippen molar-refractivity contribution in [2.45, 2.75) is 153 Å². The van der Waals surface area contributed by atoms with E-state index in [-0.39, 0.29) is 17.7 Å². The van der Waals surface area contributed by atoms with Gasteiger partial charge in [-0.15, -0.1) is 0 Å². The van der Waals surface area contributed by atoms with Crippen LogP contribution in [0.1, 0.15) is 151 Å². The van der Waals surface area contributed by atoms with Gasteiger partial charge in [-0.25, -0.2) is 0 Å². The third-order valence-corrected chi connectivity index (χ3v) is 20.8. The van der Waals surface area contributed by atoms with E-state index in [1.165, 1.54) is 27.8 Å². The van der Waals surface area contributed by atoms with Gasteiger partial charge in [-0.2, -0.15) is 0 Å². The van der Waals surface area contributed by atoms with E-state index in [9.17, 15) is 14.4 Å². The molecule has 4 aliphatic heterocycles. The lowest BCUT2D eigenvalue weighted by Gasteiger charge is -2.34. The zero-order valence-electron chi connectivity index (χ0n) is 61.0. The number of aliphatic imine (C=N–C) groups is 1. The van der Waals surface area contributed by atoms with Crippen molar-refractivity contribution in [2.75, 3.05) is 88.6 Å². The van der Waals surface area contributed by atoms with Crippen LogP contribution >= 0.6 is 0 Å². The Hall–Kier alpha value is -9.09. The first-order valence-corrected chi connectivity index (χ1v) is 35.1. The molecule has 16 heteroatoms. The monoisotopic (exact) mass is 1340 g/mol. The highest BCUT2D eigenvalue weighted by Crippen LogP contribution is 2.37. The molecule has 99 heavy (non-hydrogen) atoms. The van der Waals surface area contributed by atoms with E-state index < -0.39 is 0 Å². The summed E-state index contributed by atoms with van der Waals surface area (Å²) in [5, 5.41) is 13.3. The van der Waals surface area contributed by atoms with E-state index in [1.807, 2.05) is 59.7 Å². The highest BCUT2D eigenvalue weighted by atomic mass is 16.5. The van der Waals surface area contributed by atoms with Gasteiger partial charge in [-0.1, -0.05) is 94.6 Å². The number of hydrogen-bond acceptors (Lipinski definition) is 13. The summed E-state index contributed by atoms with van der Waals surface area (Å²) in [6, 6.07) is 39.3. The molecule has 0 saturated carbocycles. The van der Waals surface area contributed by atoms with Gasteiger partial charge in [0.05, 0.1) is 37.3 Å². The van der Waals surface area contributed by atoms with Crippen LogP contribution in [-0.2, 0) is 27.3 Å². The second-order valence-electron chi connectivity index (χ2n) is 27.5. The Labute approximate surface area is 586 Å². The molecule has 522 valence electrons. The molecule has 0 aliphatic carbocycles. The molecule has 3 N–H and O–H groups in total. The van der Waals surface area contributed by atoms with Crippen LogP contribution < -0.4 is 30.7 Å². The summed E-state index contributed by atoms with van der Waals surface area (Å²) < 4.78 is 27.6. The third kappa shape index (κ3) is 17.7. The maximum absolute atomic E-state index is 13.4. The predicted molar refractivity (Wildman–Crippen MR) is 400 cm³/mol. The number of carbonyl (C=O) groups is 3. The number of anilines is 3. The first-order chi connectivity index (χ1) is 47.5. The molecule has 6 aromatic carbocycles. The fraction of sp³-hybridized carbons (Fsp3) is 0.410. The molecular formula is C83H102N8O8. The summed E-state index contributed by atoms with van der Waals surface area (Å²) >= 11 is 0. The van der Waals surface area contributed by atoms with Crippen molar-refractivity contribution in [1.29, 1.82) is 0 Å². The zero-order valence-corrected chi connectivity index (χ0v) is 61.0. The van der Waals surface area contributed by atoms with Gasteiger partial charge in [0, 0.05) is 130 Å². The van der Waals surface area contributed by atoms with Gasteiger partial charge >= 0.3 is 0 Å². The van der Waals surface area contributed by atoms with E-state index >= 15 is 0 Å². The maximum Gasteiger partial charge on any atom is 0.252 e. The number of rotatable bonds is 18. The normalized spacial score (nSPS) is 15.1. The summed E-state index contributed by atoms with van der Waals surface area (Å²) in [5.74, 6) is 1.30. The highest BCUT2D eigenvalue weighted by Gasteiger charge is 2.28. The molecule has 0 atom stereocenters. The van der Waals surface area contributed by atoms with E-state index in [0.29, 0.717) is 54.6 Å². The summed E-state index contributed by atoms with van der Waals surface area (Å²) in [6.45, 7) is 31.0. The van der Waals surface area contributed by atoms with Gasteiger partial charge in [0.1, 0.15) is 5.76 Å². The molecule has 0 radical (unpaired) electrons. The fourth-order valence-corrected chi connectivity index (χ4v) is 13.6. The van der Waals surface area contributed by atoms with Gasteiger partial charge < -0.3 is 53.8 Å². The van der Waals surface area contributed by atoms with Crippen molar-refractivity contribution in [3.05, 3.63) is 211 Å². The summed E-state index contributed by atoms with van der Waals surface area (Å²) in [4.78, 5) is 51.7. The van der Waals surface area contributed by atoms with Crippen molar-refractivity contribution in [2.24, 2.45) is 4.99 Å². The molecule has 3 saturated heterocycles. The lowest BCUT2D eigenvalue weighted by atomic mass is 9.95. The SMILES string of the molecule is CC1=C(C)C(CNC(=O)c2cc(-c3ccc(C)cc3)cc(N(C)C3CCOCC3)c2C)=NC1.Cc1ccc(-c2cc(C(=O)NCc3c(C)coc3C)c(C)c(N(C)C3CCOCC3)c2)cc1.Cc1ccc(-c2cc(C(=O)NCc3onc(C)c3C)c(C)c(N(C)C3CCOCC3)c2)cc1. The van der Waals surface area contributed by atoms with E-state index in [2.05, 4.69) is 194 Å². The minimum atomic E-state index is -0.114. The molecule has 8 aromatic rings. The summed E-state index contributed by atoms with van der Waals surface area (Å²) in [5.41, 5.74) is 25.8. The summed E-state index contributed by atoms with van der Waals surface area (Å²) in [7, 11) is 6.40. The molecular weight excluding hydrogens is 1240 g/mol. The second kappa shape index (κ2) is 33.2. The van der Waals surface area contributed by atoms with Gasteiger partial charge in [0.2, 0.25) is 0 Å². The highest BCUT2D eigenvalue weighted by molar-refractivity contribution is 6.07. The molecule has 2 aromatic heterocycles. The second-order valence-corrected chi connectivity index (χ2v) is 27.5. The van der Waals surface area contributed by atoms with Gasteiger partial charge in [0.25, 0.3) is 17.7 Å². The zero-order chi connectivity index (χ0) is 70.6. The van der Waals surface area contributed by atoms with Gasteiger partial charge in [0.15, 0.2) is 5.76 Å². The maximum atomic E-state index is 13.4. The number of hydrogen-bond donors (Lipinski definition) is 3. The number of aromatic nitrogens is 1. The average Bonchev–Trinajstić information content (AvgIpc) is 1.60. The van der Waals surface area contributed by atoms with Crippen LogP contribution in [0.25, 0.3) is 33.4 Å². The van der Waals surface area contributed by atoms with Crippen molar-refractivity contribution in [1.82, 2.24) is 21.1 Å². The van der Waals surface area contributed by atoms with Crippen LogP contribution in [0, 0.1) is 69.2 Å². The van der Waals surface area contributed by atoms with Crippen molar-refractivity contribution in [3.8, 4) is 33.4 Å². The smallest absolute Gasteiger partial charge is 0.252 e. The van der Waals surface area contributed by atoms with Crippen LogP contribution in [0.4, 0.5) is 17.1 Å². The molecule has 12 rings (SSSR count). The Morgan fingerprint density at radius 3 is 1.11 bits per heavy atom. The largest absolute Gasteiger partial charge is 0.469 e. The van der Waals surface area contributed by atoms with Crippen molar-refractivity contribution in [3.63, 3.8) is 0 Å². The molecule has 0 bridgehead atoms. The lowest BCUT2D eigenvalue weighted by molar-refractivity contribution is 0.0853. The van der Waals surface area contributed by atoms with Crippen LogP contribution in [0.2, 0.25) is 0 Å². The van der Waals surface area contributed by atoms with Crippen LogP contribution in [0.5, 0.6) is 0 Å². The van der Waals surface area contributed by atoms with Gasteiger partial charge in [-0.3, -0.25) is 19.4 Å². The number of carbonyl (C=O) groups excluding carboxylic acids is 3. The number of furan rings is 1. The van der Waals surface area contributed by atoms with Crippen molar-refractivity contribution >= 4 is 40.5 Å². The first-order valence-electron chi connectivity index (χ1n) is 35.1. The number of nitrogens with zero attached hydrogens (tertiary/aromatic N) is 5. The van der Waals surface area contributed by atoms with Gasteiger partial charge in [-0.05, 0) is 225 Å². The molecule has 4 aliphatic rings. The Balaban J connectivity index is 0.000000161. The fourth-order valence-electron chi connectivity index (χ4n) is 13.6. The molecule has 0 spiro atoms. The quantitative estimate of drug-likeness (QED) is 0.0742. The average molecular weight is 1340 g/mol. The number of aryl methyl sites for hydroxylation is 6. The standard InChI is InChI=1S/C28H35N3O2.C28H34N2O3.C27H33N3O3/c1-18-6-8-22(9-7-18)23-14-25(28(32)30-17-26-20(3)19(2)16-29-26)21(4)27(15-23)31(5)24-10-12-33-13-11-24;1-18-6-8-22(9-7-18)23-14-25(28(31)29-16-26-19(2)17-33-21(26)4)20(3)27(15-23)30(5)24-10-12-32-13-11-24;1-17-6-8-21(9-7-17)22-14-24(27(31)28-16-26-18(2)20(4)29-33-26)19(3)25(15-22)30(5)23-10-12-32-13-11-23/h6-9,14-15,24H,10-13,16-17H2,1-5H3,(H,30,32);6-9,14-15,17,24H,10-13,16H2,1-5H3,(H,29,31);6-9,14-15,23H,10-13,16H2,1-5H3,(H,28,31). The number of nitrogens with one attached hydrogen (secondary N) is 3. The lowest BCUT2D eigenvalue weighted by Crippen LogP contribution is -2.37. The topological polar surface area (TPSA) is 176 Å². The minimum absolute atomic E-state index is 0.0526. The number of amides is 3. The predicted octanol–water partition coefficient (Wildman–Crippen LogP) is 16.0. The number of ether oxygens (including phenoxy) is 3.